The van der Waals surface area contributed by atoms with Crippen molar-refractivity contribution in [3.05, 3.63) is 65.0 Å². The Hall–Kier alpha value is -3.22. The van der Waals surface area contributed by atoms with Gasteiger partial charge < -0.3 is 10.1 Å². The highest BCUT2D eigenvalue weighted by Gasteiger charge is 2.10. The van der Waals surface area contributed by atoms with Crippen molar-refractivity contribution in [2.45, 2.75) is 13.3 Å². The van der Waals surface area contributed by atoms with Gasteiger partial charge in [-0.05, 0) is 48.4 Å². The van der Waals surface area contributed by atoms with Gasteiger partial charge in [-0.2, -0.15) is 5.10 Å². The van der Waals surface area contributed by atoms with E-state index < -0.39 is 11.7 Å². The summed E-state index contributed by atoms with van der Waals surface area (Å²) >= 11 is 0. The summed E-state index contributed by atoms with van der Waals surface area (Å²) in [6.45, 7) is 1.99. The van der Waals surface area contributed by atoms with E-state index in [0.717, 1.165) is 16.9 Å². The smallest absolute Gasteiger partial charge is 0.254 e. The molecule has 136 valence electrons. The largest absolute Gasteiger partial charge is 0.497 e. The van der Waals surface area contributed by atoms with Crippen LogP contribution in [-0.4, -0.2) is 31.7 Å². The van der Waals surface area contributed by atoms with Gasteiger partial charge in [-0.1, -0.05) is 12.1 Å². The third-order valence-corrected chi connectivity index (χ3v) is 3.63. The Bertz CT molecular complexity index is 821. The molecule has 0 atom stereocenters. The zero-order valence-corrected chi connectivity index (χ0v) is 14.6. The number of nitrogens with zero attached hydrogens (tertiary/aromatic N) is 1. The van der Waals surface area contributed by atoms with Crippen molar-refractivity contribution >= 4 is 18.0 Å². The maximum Gasteiger partial charge on any atom is 0.254 e. The molecule has 2 rings (SSSR count). The molecule has 7 heteroatoms. The van der Waals surface area contributed by atoms with Gasteiger partial charge in [0.15, 0.2) is 0 Å². The van der Waals surface area contributed by atoms with Gasteiger partial charge in [-0.15, -0.1) is 0 Å². The molecular formula is C19H20FN3O3. The number of aryl methyl sites for hydroxylation is 1. The lowest BCUT2D eigenvalue weighted by atomic mass is 10.1. The highest BCUT2D eigenvalue weighted by Crippen LogP contribution is 2.15. The highest BCUT2D eigenvalue weighted by molar-refractivity contribution is 5.94. The summed E-state index contributed by atoms with van der Waals surface area (Å²) in [4.78, 5) is 23.5. The van der Waals surface area contributed by atoms with Crippen molar-refractivity contribution in [1.82, 2.24) is 10.7 Å². The topological polar surface area (TPSA) is 79.8 Å². The van der Waals surface area contributed by atoms with Crippen LogP contribution in [0.4, 0.5) is 4.39 Å². The number of amides is 2. The first-order chi connectivity index (χ1) is 12.5. The first-order valence-electron chi connectivity index (χ1n) is 8.00. The lowest BCUT2D eigenvalue weighted by molar-refractivity contribution is -0.120. The first-order valence-corrected chi connectivity index (χ1v) is 8.00. The van der Waals surface area contributed by atoms with Crippen molar-refractivity contribution in [2.24, 2.45) is 5.10 Å². The van der Waals surface area contributed by atoms with Crippen molar-refractivity contribution in [3.8, 4) is 5.75 Å². The Balaban J connectivity index is 1.77. The lowest BCUT2D eigenvalue weighted by Gasteiger charge is -2.06. The van der Waals surface area contributed by atoms with Crippen LogP contribution in [0.3, 0.4) is 0 Å². The summed E-state index contributed by atoms with van der Waals surface area (Å²) < 4.78 is 18.6. The summed E-state index contributed by atoms with van der Waals surface area (Å²) in [5.41, 5.74) is 4.14. The third kappa shape index (κ3) is 5.41. The van der Waals surface area contributed by atoms with Crippen LogP contribution in [0.5, 0.6) is 5.75 Å². The highest BCUT2D eigenvalue weighted by atomic mass is 19.1. The molecule has 2 aromatic carbocycles. The van der Waals surface area contributed by atoms with Gasteiger partial charge in [-0.3, -0.25) is 9.59 Å². The molecule has 0 saturated carbocycles. The van der Waals surface area contributed by atoms with E-state index in [4.69, 9.17) is 4.74 Å². The number of hydrogen-bond donors (Lipinski definition) is 2. The minimum atomic E-state index is -0.603. The summed E-state index contributed by atoms with van der Waals surface area (Å²) in [6.07, 6.45) is 1.56. The van der Waals surface area contributed by atoms with E-state index in [1.165, 1.54) is 24.4 Å². The molecule has 0 aliphatic heterocycles. The van der Waals surface area contributed by atoms with Crippen LogP contribution in [0.15, 0.2) is 47.6 Å². The van der Waals surface area contributed by atoms with E-state index in [2.05, 4.69) is 15.8 Å². The predicted molar refractivity (Wildman–Crippen MR) is 96.8 cm³/mol. The van der Waals surface area contributed by atoms with Gasteiger partial charge in [0.05, 0.1) is 18.9 Å². The third-order valence-electron chi connectivity index (χ3n) is 3.63. The maximum atomic E-state index is 13.5. The Kier molecular flexibility index (Phi) is 6.84. The van der Waals surface area contributed by atoms with Crippen molar-refractivity contribution in [3.63, 3.8) is 0 Å². The number of halogens is 1. The molecule has 0 unspecified atom stereocenters. The van der Waals surface area contributed by atoms with Crippen molar-refractivity contribution in [2.75, 3.05) is 13.7 Å². The molecule has 0 bridgehead atoms. The van der Waals surface area contributed by atoms with E-state index in [9.17, 15) is 14.0 Å². The number of ether oxygens (including phenoxy) is 1. The Morgan fingerprint density at radius 3 is 2.69 bits per heavy atom. The normalized spacial score (nSPS) is 10.6. The van der Waals surface area contributed by atoms with E-state index in [-0.39, 0.29) is 24.4 Å². The first kappa shape index (κ1) is 19.1. The van der Waals surface area contributed by atoms with Crippen LogP contribution in [0, 0.1) is 12.7 Å². The summed E-state index contributed by atoms with van der Waals surface area (Å²) in [6, 6.07) is 11.2. The van der Waals surface area contributed by atoms with Crippen molar-refractivity contribution < 1.29 is 18.7 Å². The Morgan fingerprint density at radius 2 is 2.00 bits per heavy atom. The zero-order valence-electron chi connectivity index (χ0n) is 14.6. The van der Waals surface area contributed by atoms with E-state index >= 15 is 0 Å². The number of carbonyl (C=O) groups excluding carboxylic acids is 2. The molecule has 2 amide bonds. The second kappa shape index (κ2) is 9.31. The van der Waals surface area contributed by atoms with Crippen LogP contribution in [0.2, 0.25) is 0 Å². The summed E-state index contributed by atoms with van der Waals surface area (Å²) in [5, 5.41) is 6.38. The fourth-order valence-electron chi connectivity index (χ4n) is 2.18. The molecule has 0 fully saturated rings. The maximum absolute atomic E-state index is 13.5. The molecule has 0 saturated heterocycles. The summed E-state index contributed by atoms with van der Waals surface area (Å²) in [7, 11) is 1.59. The minimum Gasteiger partial charge on any atom is -0.497 e. The van der Waals surface area contributed by atoms with Crippen LogP contribution in [0.25, 0.3) is 0 Å². The SMILES string of the molecule is COc1ccc(C=NNC(=O)CCNC(=O)c2ccccc2F)c(C)c1. The van der Waals surface area contributed by atoms with E-state index in [1.807, 2.05) is 19.1 Å². The molecule has 2 aromatic rings. The molecule has 0 aliphatic rings. The van der Waals surface area contributed by atoms with Crippen LogP contribution in [0.1, 0.15) is 27.9 Å². The van der Waals surface area contributed by atoms with Gasteiger partial charge in [0.25, 0.3) is 5.91 Å². The second-order valence-electron chi connectivity index (χ2n) is 5.50. The molecule has 0 radical (unpaired) electrons. The van der Waals surface area contributed by atoms with Crippen LogP contribution < -0.4 is 15.5 Å². The van der Waals surface area contributed by atoms with Gasteiger partial charge in [0.2, 0.25) is 5.91 Å². The number of carbonyl (C=O) groups is 2. The molecule has 26 heavy (non-hydrogen) atoms. The van der Waals surface area contributed by atoms with Gasteiger partial charge in [-0.25, -0.2) is 9.82 Å². The van der Waals surface area contributed by atoms with Crippen LogP contribution >= 0.6 is 0 Å². The average Bonchev–Trinajstić information content (AvgIpc) is 2.63. The molecular weight excluding hydrogens is 337 g/mol. The summed E-state index contributed by atoms with van der Waals surface area (Å²) in [5.74, 6) is -0.780. The van der Waals surface area contributed by atoms with Gasteiger partial charge >= 0.3 is 0 Å². The number of hydrogen-bond acceptors (Lipinski definition) is 4. The number of benzene rings is 2. The molecule has 0 aliphatic carbocycles. The molecule has 2 N–H and O–H groups in total. The minimum absolute atomic E-state index is 0.0269. The number of hydrazone groups is 1. The number of methoxy groups -OCH3 is 1. The fourth-order valence-corrected chi connectivity index (χ4v) is 2.18. The van der Waals surface area contributed by atoms with Crippen LogP contribution in [-0.2, 0) is 4.79 Å². The fraction of sp³-hybridized carbons (Fsp3) is 0.211. The molecule has 0 spiro atoms. The molecule has 6 nitrogen and oxygen atoms in total. The monoisotopic (exact) mass is 357 g/mol. The Morgan fingerprint density at radius 1 is 1.23 bits per heavy atom. The Labute approximate surface area is 151 Å². The number of nitrogens with one attached hydrogen (secondary N) is 2. The molecule has 0 heterocycles. The van der Waals surface area contributed by atoms with Gasteiger partial charge in [0, 0.05) is 13.0 Å². The lowest BCUT2D eigenvalue weighted by Crippen LogP contribution is -2.29. The second-order valence-corrected chi connectivity index (χ2v) is 5.50. The van der Waals surface area contributed by atoms with Crippen molar-refractivity contribution in [1.29, 1.82) is 0 Å². The van der Waals surface area contributed by atoms with Gasteiger partial charge in [0.1, 0.15) is 11.6 Å². The van der Waals surface area contributed by atoms with E-state index in [0.29, 0.717) is 0 Å². The molecule has 0 aromatic heterocycles. The van der Waals surface area contributed by atoms with E-state index in [1.54, 1.807) is 19.2 Å². The quantitative estimate of drug-likeness (QED) is 0.590. The zero-order chi connectivity index (χ0) is 18.9. The predicted octanol–water partition coefficient (Wildman–Crippen LogP) is 2.41. The average molecular weight is 357 g/mol. The standard InChI is InChI=1S/C19H20FN3O3/c1-13-11-15(26-2)8-7-14(13)12-22-23-18(24)9-10-21-19(25)16-5-3-4-6-17(16)20/h3-8,11-12H,9-10H2,1-2H3,(H,21,25)(H,23,24). The number of rotatable bonds is 7.